The highest BCUT2D eigenvalue weighted by Crippen LogP contribution is 2.51. The van der Waals surface area contributed by atoms with Gasteiger partial charge in [-0.3, -0.25) is 0 Å². The zero-order chi connectivity index (χ0) is 26.4. The Hall–Kier alpha value is -3.35. The lowest BCUT2D eigenvalue weighted by molar-refractivity contribution is -0.151. The molecule has 1 unspecified atom stereocenters. The van der Waals surface area contributed by atoms with E-state index in [-0.39, 0.29) is 36.7 Å². The van der Waals surface area contributed by atoms with Gasteiger partial charge in [-0.05, 0) is 73.0 Å². The van der Waals surface area contributed by atoms with E-state index in [2.05, 4.69) is 25.6 Å². The third kappa shape index (κ3) is 5.22. The number of pyridine rings is 1. The third-order valence-electron chi connectivity index (χ3n) is 6.02. The molecule has 2 aromatic carbocycles. The van der Waals surface area contributed by atoms with E-state index in [1.54, 1.807) is 24.3 Å². The summed E-state index contributed by atoms with van der Waals surface area (Å²) in [5.41, 5.74) is -0.0967. The molecule has 13 heteroatoms. The number of aromatic nitrogens is 3. The van der Waals surface area contributed by atoms with Crippen molar-refractivity contribution in [2.24, 2.45) is 5.14 Å². The number of halogens is 5. The zero-order valence-corrected chi connectivity index (χ0v) is 20.5. The number of anilines is 2. The van der Waals surface area contributed by atoms with E-state index in [0.717, 1.165) is 0 Å². The first-order chi connectivity index (χ1) is 17.5. The molecule has 7 nitrogen and oxygen atoms in total. The van der Waals surface area contributed by atoms with Gasteiger partial charge in [0.15, 0.2) is 5.82 Å². The fourth-order valence-electron chi connectivity index (χ4n) is 3.78. The van der Waals surface area contributed by atoms with Crippen LogP contribution in [0.1, 0.15) is 18.4 Å². The van der Waals surface area contributed by atoms with Crippen molar-refractivity contribution in [2.75, 3.05) is 10.6 Å². The highest BCUT2D eigenvalue weighted by atomic mass is 35.5. The van der Waals surface area contributed by atoms with E-state index in [0.29, 0.717) is 32.3 Å². The number of fused-ring (bicyclic) bond motifs is 1. The fraction of sp³-hybridized carbons (Fsp3) is 0.208. The predicted octanol–water partition coefficient (Wildman–Crippen LogP) is 5.58. The van der Waals surface area contributed by atoms with Crippen LogP contribution >= 0.6 is 11.6 Å². The zero-order valence-electron chi connectivity index (χ0n) is 18.9. The highest BCUT2D eigenvalue weighted by Gasteiger charge is 2.64. The Balaban J connectivity index is 1.53. The van der Waals surface area contributed by atoms with Crippen molar-refractivity contribution in [3.8, 4) is 11.3 Å². The second kappa shape index (κ2) is 9.51. The number of alkyl halides is 3. The number of hydrogen-bond donors (Lipinski definition) is 3. The van der Waals surface area contributed by atoms with Crippen LogP contribution in [-0.4, -0.2) is 30.9 Å². The monoisotopic (exact) mass is 550 g/mol. The molecular weight excluding hydrogens is 532 g/mol. The van der Waals surface area contributed by atoms with Crippen molar-refractivity contribution in [2.45, 2.75) is 36.0 Å². The molecule has 1 atom stereocenters. The molecule has 0 spiro atoms. The molecule has 1 fully saturated rings. The van der Waals surface area contributed by atoms with Gasteiger partial charge < -0.3 is 10.6 Å². The summed E-state index contributed by atoms with van der Waals surface area (Å²) in [6.45, 7) is 0.0975. The standard InChI is InChI=1S/C24H19ClF4N6OS/c25-17-6-5-16(37(30)36)11-14(17)12-31-22-33-19-8-7-18(13-1-3-15(26)4-2-13)32-20(19)21(34-22)35-23(9-10-23)24(27,28)29/h1-8,11H,9-10,12,30H2,(H2,31,33,34,35). The quantitative estimate of drug-likeness (QED) is 0.259. The van der Waals surface area contributed by atoms with Crippen LogP contribution in [0.15, 0.2) is 59.5 Å². The highest BCUT2D eigenvalue weighted by molar-refractivity contribution is 7.82. The molecule has 0 aliphatic heterocycles. The fourth-order valence-corrected chi connectivity index (χ4v) is 4.42. The number of nitrogens with zero attached hydrogens (tertiary/aromatic N) is 3. The summed E-state index contributed by atoms with van der Waals surface area (Å²) in [5.74, 6) is -0.469. The molecule has 5 rings (SSSR count). The summed E-state index contributed by atoms with van der Waals surface area (Å²) in [6.07, 6.45) is -4.68. The van der Waals surface area contributed by atoms with E-state index in [1.165, 1.54) is 30.3 Å². The number of nitrogens with one attached hydrogen (secondary N) is 2. The largest absolute Gasteiger partial charge is 0.411 e. The van der Waals surface area contributed by atoms with Gasteiger partial charge in [0.1, 0.15) is 27.9 Å². The van der Waals surface area contributed by atoms with Crippen molar-refractivity contribution >= 4 is 45.4 Å². The Labute approximate surface area is 216 Å². The van der Waals surface area contributed by atoms with Gasteiger partial charge in [-0.15, -0.1) is 0 Å². The second-order valence-electron chi connectivity index (χ2n) is 8.58. The van der Waals surface area contributed by atoms with Crippen LogP contribution in [0.2, 0.25) is 5.02 Å². The van der Waals surface area contributed by atoms with E-state index in [9.17, 15) is 21.8 Å². The lowest BCUT2D eigenvalue weighted by atomic mass is 10.1. The molecule has 4 aromatic rings. The van der Waals surface area contributed by atoms with Gasteiger partial charge in [-0.1, -0.05) is 11.6 Å². The summed E-state index contributed by atoms with van der Waals surface area (Å²) in [4.78, 5) is 13.6. The average molecular weight is 551 g/mol. The molecule has 2 aromatic heterocycles. The van der Waals surface area contributed by atoms with E-state index < -0.39 is 28.5 Å². The van der Waals surface area contributed by atoms with Crippen LogP contribution < -0.4 is 15.8 Å². The molecule has 1 aliphatic rings. The number of hydrogen-bond acceptors (Lipinski definition) is 6. The first kappa shape index (κ1) is 25.3. The lowest BCUT2D eigenvalue weighted by Crippen LogP contribution is -2.39. The first-order valence-corrected chi connectivity index (χ1v) is 12.6. The van der Waals surface area contributed by atoms with Gasteiger partial charge in [0.25, 0.3) is 0 Å². The molecule has 0 amide bonds. The molecule has 0 bridgehead atoms. The number of rotatable bonds is 7. The van der Waals surface area contributed by atoms with Crippen LogP contribution in [0.3, 0.4) is 0 Å². The van der Waals surface area contributed by atoms with Gasteiger partial charge >= 0.3 is 6.18 Å². The van der Waals surface area contributed by atoms with E-state index >= 15 is 0 Å². The maximum absolute atomic E-state index is 13.8. The second-order valence-corrected chi connectivity index (χ2v) is 10.0. The minimum Gasteiger partial charge on any atom is -0.354 e. The maximum atomic E-state index is 13.8. The Morgan fingerprint density at radius 2 is 1.76 bits per heavy atom. The lowest BCUT2D eigenvalue weighted by Gasteiger charge is -2.22. The molecular formula is C24H19ClF4N6OS. The molecule has 4 N–H and O–H groups in total. The van der Waals surface area contributed by atoms with Gasteiger partial charge in [-0.25, -0.2) is 23.7 Å². The minimum absolute atomic E-state index is 0.0413. The summed E-state index contributed by atoms with van der Waals surface area (Å²) in [7, 11) is -1.71. The van der Waals surface area contributed by atoms with E-state index in [1.807, 2.05) is 0 Å². The first-order valence-electron chi connectivity index (χ1n) is 11.0. The van der Waals surface area contributed by atoms with Gasteiger partial charge in [0.2, 0.25) is 5.95 Å². The molecule has 0 saturated heterocycles. The molecule has 192 valence electrons. The molecule has 37 heavy (non-hydrogen) atoms. The van der Waals surface area contributed by atoms with Crippen molar-refractivity contribution in [1.82, 2.24) is 15.0 Å². The smallest absolute Gasteiger partial charge is 0.354 e. The van der Waals surface area contributed by atoms with Gasteiger partial charge in [-0.2, -0.15) is 18.2 Å². The number of nitrogens with two attached hydrogens (primary N) is 1. The average Bonchev–Trinajstić information content (AvgIpc) is 3.65. The van der Waals surface area contributed by atoms with Gasteiger partial charge in [0.05, 0.1) is 16.1 Å². The Bertz CT molecular complexity index is 1510. The predicted molar refractivity (Wildman–Crippen MR) is 134 cm³/mol. The van der Waals surface area contributed by atoms with Crippen LogP contribution in [0, 0.1) is 5.82 Å². The van der Waals surface area contributed by atoms with Crippen molar-refractivity contribution < 1.29 is 21.8 Å². The van der Waals surface area contributed by atoms with Crippen molar-refractivity contribution in [3.05, 3.63) is 71.0 Å². The van der Waals surface area contributed by atoms with Crippen LogP contribution in [-0.2, 0) is 17.5 Å². The molecule has 1 aliphatic carbocycles. The SMILES string of the molecule is NS(=O)c1ccc(Cl)c(CNc2nc(NC3(C(F)(F)F)CC3)c3nc(-c4ccc(F)cc4)ccc3n2)c1. The van der Waals surface area contributed by atoms with Crippen molar-refractivity contribution in [1.29, 1.82) is 0 Å². The third-order valence-corrected chi connectivity index (χ3v) is 7.11. The Morgan fingerprint density at radius 1 is 1.03 bits per heavy atom. The van der Waals surface area contributed by atoms with Crippen LogP contribution in [0.25, 0.3) is 22.3 Å². The van der Waals surface area contributed by atoms with Crippen molar-refractivity contribution in [3.63, 3.8) is 0 Å². The summed E-state index contributed by atoms with van der Waals surface area (Å²) in [5, 5.41) is 11.3. The summed E-state index contributed by atoms with van der Waals surface area (Å²) >= 11 is 6.23. The summed E-state index contributed by atoms with van der Waals surface area (Å²) in [6, 6.07) is 13.5. The maximum Gasteiger partial charge on any atom is 0.411 e. The molecule has 2 heterocycles. The van der Waals surface area contributed by atoms with Crippen LogP contribution in [0.4, 0.5) is 29.3 Å². The summed E-state index contributed by atoms with van der Waals surface area (Å²) < 4.78 is 66.2. The Morgan fingerprint density at radius 3 is 2.41 bits per heavy atom. The topological polar surface area (TPSA) is 106 Å². The number of benzene rings is 2. The molecule has 0 radical (unpaired) electrons. The van der Waals surface area contributed by atoms with Gasteiger partial charge in [0, 0.05) is 17.1 Å². The normalized spacial score (nSPS) is 15.4. The van der Waals surface area contributed by atoms with Crippen LogP contribution in [0.5, 0.6) is 0 Å². The minimum atomic E-state index is -4.49. The molecule has 1 saturated carbocycles. The Kier molecular flexibility index (Phi) is 6.50. The van der Waals surface area contributed by atoms with E-state index in [4.69, 9.17) is 16.7 Å².